The van der Waals surface area contributed by atoms with E-state index in [0.717, 1.165) is 16.1 Å². The first-order valence-electron chi connectivity index (χ1n) is 7.31. The Hall–Kier alpha value is -2.50. The Morgan fingerprint density at radius 2 is 1.75 bits per heavy atom. The molecule has 0 spiro atoms. The third kappa shape index (κ3) is 2.72. The van der Waals surface area contributed by atoms with E-state index in [4.69, 9.17) is 11.6 Å². The lowest BCUT2D eigenvalue weighted by molar-refractivity contribution is 0.459. The summed E-state index contributed by atoms with van der Waals surface area (Å²) in [5, 5.41) is 14.3. The van der Waals surface area contributed by atoms with E-state index in [2.05, 4.69) is 15.0 Å². The molecule has 0 aliphatic rings. The zero-order valence-corrected chi connectivity index (χ0v) is 14.0. The van der Waals surface area contributed by atoms with Crippen molar-refractivity contribution in [2.45, 2.75) is 5.92 Å². The normalized spacial score (nSPS) is 12.4. The summed E-state index contributed by atoms with van der Waals surface area (Å²) in [7, 11) is 0. The molecule has 24 heavy (non-hydrogen) atoms. The molecule has 0 aliphatic carbocycles. The highest BCUT2D eigenvalue weighted by molar-refractivity contribution is 7.09. The third-order valence-corrected chi connectivity index (χ3v) is 4.97. The van der Waals surface area contributed by atoms with Gasteiger partial charge >= 0.3 is 0 Å². The van der Waals surface area contributed by atoms with Crippen molar-refractivity contribution >= 4 is 33.8 Å². The molecule has 118 valence electrons. The minimum absolute atomic E-state index is 0.0177. The lowest BCUT2D eigenvalue weighted by Crippen LogP contribution is -2.03. The molecular weight excluding hydrogens is 342 g/mol. The van der Waals surface area contributed by atoms with Crippen LogP contribution in [0.1, 0.15) is 22.1 Å². The third-order valence-electron chi connectivity index (χ3n) is 3.87. The molecule has 0 saturated heterocycles. The number of nitrogens with zero attached hydrogens (tertiary/aromatic N) is 3. The maximum atomic E-state index is 10.0. The predicted molar refractivity (Wildman–Crippen MR) is 95.7 cm³/mol. The summed E-state index contributed by atoms with van der Waals surface area (Å²) in [6.07, 6.45) is 3.15. The Morgan fingerprint density at radius 3 is 2.50 bits per heavy atom. The van der Waals surface area contributed by atoms with Crippen LogP contribution in [0.25, 0.3) is 10.9 Å². The van der Waals surface area contributed by atoms with Crippen molar-refractivity contribution < 1.29 is 5.11 Å². The van der Waals surface area contributed by atoms with Crippen molar-refractivity contribution in [3.05, 3.63) is 81.5 Å². The molecule has 0 radical (unpaired) electrons. The SMILES string of the molecule is Oc1ncnc2ccc(C(c3ccc(Cl)cc3)c3nccs3)cc12. The molecule has 1 atom stereocenters. The van der Waals surface area contributed by atoms with Crippen LogP contribution in [0, 0.1) is 0 Å². The molecule has 2 aromatic heterocycles. The number of halogens is 1. The fraction of sp³-hybridized carbons (Fsp3) is 0.0556. The summed E-state index contributed by atoms with van der Waals surface area (Å²) in [6.45, 7) is 0. The van der Waals surface area contributed by atoms with Gasteiger partial charge in [-0.25, -0.2) is 15.0 Å². The Labute approximate surface area is 147 Å². The number of aromatic nitrogens is 3. The molecule has 0 saturated carbocycles. The summed E-state index contributed by atoms with van der Waals surface area (Å²) in [5.74, 6) is -0.0536. The van der Waals surface area contributed by atoms with E-state index < -0.39 is 0 Å². The zero-order valence-electron chi connectivity index (χ0n) is 12.4. The van der Waals surface area contributed by atoms with Crippen LogP contribution in [0.4, 0.5) is 0 Å². The second kappa shape index (κ2) is 6.19. The molecular formula is C18H12ClN3OS. The van der Waals surface area contributed by atoms with Gasteiger partial charge in [-0.1, -0.05) is 29.8 Å². The highest BCUT2D eigenvalue weighted by Crippen LogP contribution is 2.35. The van der Waals surface area contributed by atoms with Gasteiger partial charge in [-0.2, -0.15) is 0 Å². The standard InChI is InChI=1S/C18H12ClN3OS/c19-13-4-1-11(2-5-13)16(18-20-7-8-24-18)12-3-6-15-14(9-12)17(23)22-10-21-15/h1-10,16H,(H,21,22,23). The van der Waals surface area contributed by atoms with Crippen molar-refractivity contribution in [2.24, 2.45) is 0 Å². The maximum Gasteiger partial charge on any atom is 0.221 e. The van der Waals surface area contributed by atoms with Gasteiger partial charge in [-0.05, 0) is 35.4 Å². The van der Waals surface area contributed by atoms with Crippen molar-refractivity contribution in [2.75, 3.05) is 0 Å². The molecule has 2 heterocycles. The highest BCUT2D eigenvalue weighted by atomic mass is 35.5. The number of fused-ring (bicyclic) bond motifs is 1. The quantitative estimate of drug-likeness (QED) is 0.583. The molecule has 1 N–H and O–H groups in total. The van der Waals surface area contributed by atoms with Gasteiger partial charge in [0.05, 0.1) is 16.8 Å². The van der Waals surface area contributed by atoms with Gasteiger partial charge in [0.2, 0.25) is 5.88 Å². The number of hydrogen-bond donors (Lipinski definition) is 1. The molecule has 0 fully saturated rings. The van der Waals surface area contributed by atoms with Gasteiger partial charge in [-0.3, -0.25) is 0 Å². The second-order valence-electron chi connectivity index (χ2n) is 5.33. The van der Waals surface area contributed by atoms with E-state index in [1.54, 1.807) is 17.5 Å². The molecule has 1 unspecified atom stereocenters. The summed E-state index contributed by atoms with van der Waals surface area (Å²) >= 11 is 7.62. The fourth-order valence-corrected chi connectivity index (χ4v) is 3.67. The monoisotopic (exact) mass is 353 g/mol. The van der Waals surface area contributed by atoms with Crippen molar-refractivity contribution in [3.63, 3.8) is 0 Å². The van der Waals surface area contributed by atoms with E-state index in [1.807, 2.05) is 47.8 Å². The molecule has 0 aliphatic heterocycles. The lowest BCUT2D eigenvalue weighted by atomic mass is 9.91. The molecule has 0 amide bonds. The van der Waals surface area contributed by atoms with Crippen LogP contribution in [-0.4, -0.2) is 20.1 Å². The number of aromatic hydroxyl groups is 1. The van der Waals surface area contributed by atoms with Crippen molar-refractivity contribution in [1.29, 1.82) is 0 Å². The van der Waals surface area contributed by atoms with E-state index in [1.165, 1.54) is 6.33 Å². The smallest absolute Gasteiger partial charge is 0.221 e. The van der Waals surface area contributed by atoms with Crippen molar-refractivity contribution in [1.82, 2.24) is 15.0 Å². The van der Waals surface area contributed by atoms with Crippen LogP contribution in [-0.2, 0) is 0 Å². The largest absolute Gasteiger partial charge is 0.493 e. The van der Waals surface area contributed by atoms with Gasteiger partial charge in [0, 0.05) is 16.6 Å². The van der Waals surface area contributed by atoms with Crippen LogP contribution in [0.3, 0.4) is 0 Å². The van der Waals surface area contributed by atoms with Crippen LogP contribution in [0.15, 0.2) is 60.4 Å². The summed E-state index contributed by atoms with van der Waals surface area (Å²) < 4.78 is 0. The van der Waals surface area contributed by atoms with Gasteiger partial charge in [0.1, 0.15) is 11.3 Å². The van der Waals surface area contributed by atoms with E-state index in [9.17, 15) is 5.11 Å². The van der Waals surface area contributed by atoms with Crippen molar-refractivity contribution in [3.8, 4) is 5.88 Å². The fourth-order valence-electron chi connectivity index (χ4n) is 2.75. The topological polar surface area (TPSA) is 58.9 Å². The average molecular weight is 354 g/mol. The molecule has 2 aromatic carbocycles. The first-order valence-corrected chi connectivity index (χ1v) is 8.56. The number of rotatable bonds is 3. The van der Waals surface area contributed by atoms with Gasteiger partial charge in [0.15, 0.2) is 0 Å². The predicted octanol–water partition coefficient (Wildman–Crippen LogP) is 4.63. The van der Waals surface area contributed by atoms with Gasteiger partial charge in [0.25, 0.3) is 0 Å². The Balaban J connectivity index is 1.90. The lowest BCUT2D eigenvalue weighted by Gasteiger charge is -2.16. The second-order valence-corrected chi connectivity index (χ2v) is 6.69. The molecule has 4 rings (SSSR count). The molecule has 6 heteroatoms. The molecule has 0 bridgehead atoms. The zero-order chi connectivity index (χ0) is 16.5. The van der Waals surface area contributed by atoms with Gasteiger partial charge in [-0.15, -0.1) is 11.3 Å². The van der Waals surface area contributed by atoms with Gasteiger partial charge < -0.3 is 5.11 Å². The minimum Gasteiger partial charge on any atom is -0.493 e. The number of thiazole rings is 1. The molecule has 4 nitrogen and oxygen atoms in total. The number of hydrogen-bond acceptors (Lipinski definition) is 5. The van der Waals surface area contributed by atoms with Crippen LogP contribution in [0.5, 0.6) is 5.88 Å². The number of benzene rings is 2. The molecule has 4 aromatic rings. The van der Waals surface area contributed by atoms with E-state index in [-0.39, 0.29) is 11.8 Å². The van der Waals surface area contributed by atoms with Crippen LogP contribution < -0.4 is 0 Å². The maximum absolute atomic E-state index is 10.0. The highest BCUT2D eigenvalue weighted by Gasteiger charge is 2.20. The van der Waals surface area contributed by atoms with E-state index >= 15 is 0 Å². The first-order chi connectivity index (χ1) is 11.7. The van der Waals surface area contributed by atoms with Crippen LogP contribution >= 0.6 is 22.9 Å². The summed E-state index contributed by atoms with van der Waals surface area (Å²) in [6, 6.07) is 13.6. The van der Waals surface area contributed by atoms with Crippen LogP contribution in [0.2, 0.25) is 5.02 Å². The average Bonchev–Trinajstić information content (AvgIpc) is 3.12. The Bertz CT molecular complexity index is 987. The summed E-state index contributed by atoms with van der Waals surface area (Å²) in [5.41, 5.74) is 2.81. The Morgan fingerprint density at radius 1 is 0.958 bits per heavy atom. The first kappa shape index (κ1) is 15.1. The Kier molecular flexibility index (Phi) is 3.88. The minimum atomic E-state index is -0.0359. The van der Waals surface area contributed by atoms with E-state index in [0.29, 0.717) is 15.9 Å². The summed E-state index contributed by atoms with van der Waals surface area (Å²) in [4.78, 5) is 12.5.